The fourth-order valence-electron chi connectivity index (χ4n) is 5.46. The number of para-hydroxylation sites is 1. The van der Waals surface area contributed by atoms with Crippen molar-refractivity contribution < 1.29 is 14.3 Å². The number of aromatic nitrogens is 4. The molecule has 224 valence electrons. The van der Waals surface area contributed by atoms with Crippen molar-refractivity contribution in [3.8, 4) is 11.5 Å². The van der Waals surface area contributed by atoms with Gasteiger partial charge in [0.1, 0.15) is 5.65 Å². The number of rotatable bonds is 7. The van der Waals surface area contributed by atoms with Crippen molar-refractivity contribution in [2.75, 3.05) is 37.9 Å². The molecule has 0 N–H and O–H groups in total. The van der Waals surface area contributed by atoms with E-state index in [1.165, 1.54) is 33.0 Å². The summed E-state index contributed by atoms with van der Waals surface area (Å²) in [6.45, 7) is 2.93. The van der Waals surface area contributed by atoms with E-state index in [0.29, 0.717) is 57.0 Å². The average Bonchev–Trinajstić information content (AvgIpc) is 3.51. The van der Waals surface area contributed by atoms with Gasteiger partial charge in [0.2, 0.25) is 12.7 Å². The predicted molar refractivity (Wildman–Crippen MR) is 168 cm³/mol. The zero-order chi connectivity index (χ0) is 30.2. The summed E-state index contributed by atoms with van der Waals surface area (Å²) < 4.78 is 13.9. The summed E-state index contributed by atoms with van der Waals surface area (Å²) in [5, 5.41) is 1.23. The van der Waals surface area contributed by atoms with E-state index in [4.69, 9.17) is 26.1 Å². The fraction of sp³-hybridized carbons (Fsp3) is 0.258. The Morgan fingerprint density at radius 2 is 1.70 bits per heavy atom. The Hall–Kier alpha value is -4.55. The van der Waals surface area contributed by atoms with E-state index >= 15 is 0 Å². The molecule has 5 aromatic rings. The van der Waals surface area contributed by atoms with Crippen molar-refractivity contribution >= 4 is 51.5 Å². The lowest BCUT2D eigenvalue weighted by molar-refractivity contribution is -0.131. The predicted octanol–water partition coefficient (Wildman–Crippen LogP) is 3.82. The quantitative estimate of drug-likeness (QED) is 0.196. The SMILES string of the molecule is O=C(CCn1c(SCc2cc(=O)n3cc(Cl)ccc3n2)nc2cc3c(cc2c1=O)OCO3)N1CCN(c2ccccc2)CC1. The smallest absolute Gasteiger partial charge is 0.262 e. The van der Waals surface area contributed by atoms with E-state index in [2.05, 4.69) is 22.0 Å². The monoisotopic (exact) mass is 630 g/mol. The average molecular weight is 631 g/mol. The van der Waals surface area contributed by atoms with Gasteiger partial charge in [0.15, 0.2) is 16.7 Å². The van der Waals surface area contributed by atoms with E-state index in [1.807, 2.05) is 23.1 Å². The number of amides is 1. The third-order valence-corrected chi connectivity index (χ3v) is 8.98. The van der Waals surface area contributed by atoms with Gasteiger partial charge in [-0.15, -0.1) is 0 Å². The molecule has 2 aliphatic rings. The third-order valence-electron chi connectivity index (χ3n) is 7.74. The number of thioether (sulfide) groups is 1. The molecule has 2 aliphatic heterocycles. The second-order valence-corrected chi connectivity index (χ2v) is 11.9. The molecule has 0 atom stereocenters. The Labute approximate surface area is 260 Å². The number of pyridine rings is 1. The number of carbonyl (C=O) groups excluding carboxylic acids is 1. The number of hydrogen-bond donors (Lipinski definition) is 0. The zero-order valence-corrected chi connectivity index (χ0v) is 25.1. The van der Waals surface area contributed by atoms with Crippen LogP contribution in [0.25, 0.3) is 16.6 Å². The molecule has 1 saturated heterocycles. The van der Waals surface area contributed by atoms with Crippen LogP contribution in [0, 0.1) is 0 Å². The minimum Gasteiger partial charge on any atom is -0.454 e. The van der Waals surface area contributed by atoms with Crippen molar-refractivity contribution in [3.63, 3.8) is 0 Å². The molecular weight excluding hydrogens is 604 g/mol. The summed E-state index contributed by atoms with van der Waals surface area (Å²) >= 11 is 7.32. The van der Waals surface area contributed by atoms with Crippen molar-refractivity contribution in [1.82, 2.24) is 23.8 Å². The van der Waals surface area contributed by atoms with E-state index in [1.54, 1.807) is 24.3 Å². The van der Waals surface area contributed by atoms with Crippen molar-refractivity contribution in [1.29, 1.82) is 0 Å². The van der Waals surface area contributed by atoms with Crippen LogP contribution >= 0.6 is 23.4 Å². The number of ether oxygens (including phenoxy) is 2. The summed E-state index contributed by atoms with van der Waals surface area (Å²) in [5.41, 5.74) is 2.06. The van der Waals surface area contributed by atoms with E-state index in [9.17, 15) is 14.4 Å². The molecule has 0 bridgehead atoms. The number of fused-ring (bicyclic) bond motifs is 3. The molecule has 1 amide bonds. The first kappa shape index (κ1) is 28.2. The van der Waals surface area contributed by atoms with Gasteiger partial charge >= 0.3 is 0 Å². The maximum Gasteiger partial charge on any atom is 0.262 e. The first-order valence-corrected chi connectivity index (χ1v) is 15.5. The van der Waals surface area contributed by atoms with Crippen LogP contribution in [0.2, 0.25) is 5.02 Å². The molecule has 11 nitrogen and oxygen atoms in total. The Kier molecular flexibility index (Phi) is 7.61. The lowest BCUT2D eigenvalue weighted by Gasteiger charge is -2.36. The molecule has 0 saturated carbocycles. The molecule has 0 spiro atoms. The number of benzene rings is 2. The van der Waals surface area contributed by atoms with E-state index < -0.39 is 0 Å². The third kappa shape index (κ3) is 5.58. The van der Waals surface area contributed by atoms with Crippen LogP contribution < -0.4 is 25.5 Å². The van der Waals surface area contributed by atoms with E-state index in [-0.39, 0.29) is 42.5 Å². The minimum absolute atomic E-state index is 0.0192. The Balaban J connectivity index is 1.13. The first-order valence-electron chi connectivity index (χ1n) is 14.2. The number of piperazine rings is 1. The first-order chi connectivity index (χ1) is 21.4. The maximum atomic E-state index is 13.8. The topological polar surface area (TPSA) is 111 Å². The van der Waals surface area contributed by atoms with Crippen LogP contribution in [0.3, 0.4) is 0 Å². The highest BCUT2D eigenvalue weighted by Crippen LogP contribution is 2.35. The summed E-state index contributed by atoms with van der Waals surface area (Å²) in [6, 6.07) is 18.3. The van der Waals surface area contributed by atoms with Crippen LogP contribution in [0.5, 0.6) is 11.5 Å². The normalized spacial score (nSPS) is 14.5. The summed E-state index contributed by atoms with van der Waals surface area (Å²) in [4.78, 5) is 53.3. The summed E-state index contributed by atoms with van der Waals surface area (Å²) in [6.07, 6.45) is 1.67. The van der Waals surface area contributed by atoms with Crippen LogP contribution in [0.4, 0.5) is 5.69 Å². The van der Waals surface area contributed by atoms with Crippen molar-refractivity contribution in [3.05, 3.63) is 98.3 Å². The van der Waals surface area contributed by atoms with Gasteiger partial charge in [0.25, 0.3) is 11.1 Å². The van der Waals surface area contributed by atoms with Crippen molar-refractivity contribution in [2.24, 2.45) is 0 Å². The minimum atomic E-state index is -0.279. The van der Waals surface area contributed by atoms with Gasteiger partial charge < -0.3 is 19.3 Å². The van der Waals surface area contributed by atoms with Gasteiger partial charge in [-0.05, 0) is 30.3 Å². The van der Waals surface area contributed by atoms with Crippen LogP contribution in [-0.2, 0) is 17.1 Å². The van der Waals surface area contributed by atoms with Crippen LogP contribution in [0.15, 0.2) is 81.6 Å². The van der Waals surface area contributed by atoms with Gasteiger partial charge in [-0.2, -0.15) is 0 Å². The van der Waals surface area contributed by atoms with Crippen LogP contribution in [-0.4, -0.2) is 62.7 Å². The number of anilines is 1. The molecule has 13 heteroatoms. The highest BCUT2D eigenvalue weighted by Gasteiger charge is 2.23. The largest absolute Gasteiger partial charge is 0.454 e. The van der Waals surface area contributed by atoms with Gasteiger partial charge in [0, 0.05) is 68.9 Å². The number of nitrogens with zero attached hydrogens (tertiary/aromatic N) is 6. The standard InChI is InChI=1S/C31H27ClN6O5S/c32-20-6-7-27-33-21(14-29(40)38(27)17-20)18-44-31-34-24-16-26-25(42-19-43-26)15-23(24)30(41)37(31)9-8-28(39)36-12-10-35(11-13-36)22-4-2-1-3-5-22/h1-7,14-17H,8-13,18-19H2. The fourth-order valence-corrected chi connectivity index (χ4v) is 6.53. The summed E-state index contributed by atoms with van der Waals surface area (Å²) in [7, 11) is 0. The molecule has 7 rings (SSSR count). The van der Waals surface area contributed by atoms with Crippen LogP contribution in [0.1, 0.15) is 12.1 Å². The molecule has 0 aliphatic carbocycles. The molecule has 1 fully saturated rings. The highest BCUT2D eigenvalue weighted by atomic mass is 35.5. The van der Waals surface area contributed by atoms with Crippen molar-refractivity contribution in [2.45, 2.75) is 23.9 Å². The molecule has 0 radical (unpaired) electrons. The summed E-state index contributed by atoms with van der Waals surface area (Å²) in [5.74, 6) is 1.27. The van der Waals surface area contributed by atoms with Gasteiger partial charge in [-0.25, -0.2) is 9.97 Å². The Bertz CT molecular complexity index is 2010. The lowest BCUT2D eigenvalue weighted by atomic mass is 10.2. The zero-order valence-electron chi connectivity index (χ0n) is 23.5. The molecular formula is C31H27ClN6O5S. The molecule has 0 unspecified atom stereocenters. The number of hydrogen-bond acceptors (Lipinski definition) is 9. The maximum absolute atomic E-state index is 13.8. The number of halogens is 1. The molecule has 3 aromatic heterocycles. The molecule has 2 aromatic carbocycles. The lowest BCUT2D eigenvalue weighted by Crippen LogP contribution is -2.49. The molecule has 5 heterocycles. The molecule has 44 heavy (non-hydrogen) atoms. The number of carbonyl (C=O) groups is 1. The Morgan fingerprint density at radius 1 is 0.932 bits per heavy atom. The second kappa shape index (κ2) is 11.9. The Morgan fingerprint density at radius 3 is 2.50 bits per heavy atom. The van der Waals surface area contributed by atoms with Gasteiger partial charge in [0.05, 0.1) is 21.6 Å². The van der Waals surface area contributed by atoms with Gasteiger partial charge in [-0.3, -0.25) is 23.4 Å². The highest BCUT2D eigenvalue weighted by molar-refractivity contribution is 7.98. The van der Waals surface area contributed by atoms with E-state index in [0.717, 1.165) is 18.8 Å². The van der Waals surface area contributed by atoms with Gasteiger partial charge in [-0.1, -0.05) is 41.6 Å². The second-order valence-electron chi connectivity index (χ2n) is 10.5.